The molecule has 8 nitrogen and oxygen atoms in total. The lowest BCUT2D eigenvalue weighted by Crippen LogP contribution is -2.47. The van der Waals surface area contributed by atoms with Gasteiger partial charge in [-0.05, 0) is 70.1 Å². The maximum Gasteiger partial charge on any atom is 0.573 e. The molecule has 11 heteroatoms. The largest absolute Gasteiger partial charge is 0.573 e. The van der Waals surface area contributed by atoms with Gasteiger partial charge in [-0.3, -0.25) is 4.79 Å². The molecule has 1 aliphatic rings. The van der Waals surface area contributed by atoms with Crippen LogP contribution in [0.5, 0.6) is 5.75 Å². The van der Waals surface area contributed by atoms with Crippen LogP contribution in [-0.4, -0.2) is 70.6 Å². The minimum atomic E-state index is -4.85. The number of carbonyl (C=O) groups excluding carboxylic acids is 1. The van der Waals surface area contributed by atoms with Crippen molar-refractivity contribution in [3.05, 3.63) is 66.0 Å². The highest BCUT2D eigenvalue weighted by Gasteiger charge is 2.34. The lowest BCUT2D eigenvalue weighted by atomic mass is 9.95. The molecule has 2 N–H and O–H groups in total. The molecule has 3 aromatic rings. The summed E-state index contributed by atoms with van der Waals surface area (Å²) in [4.78, 5) is 28.6. The first-order valence-corrected chi connectivity index (χ1v) is 13.3. The van der Waals surface area contributed by atoms with Gasteiger partial charge in [-0.15, -0.1) is 13.2 Å². The zero-order chi connectivity index (χ0) is 30.1. The number of carboxylic acid groups (broad SMARTS) is 1. The fraction of sp³-hybridized carbons (Fsp3) is 0.400. The Bertz CT molecular complexity index is 1410. The number of halogens is 3. The van der Waals surface area contributed by atoms with E-state index in [2.05, 4.69) is 10.1 Å². The molecule has 0 bridgehead atoms. The van der Waals surface area contributed by atoms with Crippen molar-refractivity contribution >= 4 is 12.0 Å². The Labute approximate surface area is 237 Å². The molecule has 2 heterocycles. The molecule has 0 saturated heterocycles. The Morgan fingerprint density at radius 1 is 1.10 bits per heavy atom. The average molecular weight is 573 g/mol. The van der Waals surface area contributed by atoms with Crippen LogP contribution in [0.1, 0.15) is 49.3 Å². The van der Waals surface area contributed by atoms with E-state index < -0.39 is 18.0 Å². The van der Waals surface area contributed by atoms with Gasteiger partial charge in [0.25, 0.3) is 5.91 Å². The summed E-state index contributed by atoms with van der Waals surface area (Å²) in [5.41, 5.74) is 3.15. The van der Waals surface area contributed by atoms with Crippen molar-refractivity contribution < 1.29 is 32.6 Å². The summed E-state index contributed by atoms with van der Waals surface area (Å²) in [6.45, 7) is 6.69. The number of benzene rings is 2. The van der Waals surface area contributed by atoms with Crippen LogP contribution in [0.3, 0.4) is 0 Å². The molecule has 1 atom stereocenters. The molecular formula is C30H35F3N4O4. The third kappa shape index (κ3) is 7.02. The van der Waals surface area contributed by atoms with Gasteiger partial charge in [0.1, 0.15) is 11.4 Å². The maximum absolute atomic E-state index is 13.3. The van der Waals surface area contributed by atoms with Crippen LogP contribution in [0.25, 0.3) is 22.3 Å². The molecule has 0 radical (unpaired) electrons. The van der Waals surface area contributed by atoms with E-state index in [0.717, 1.165) is 11.1 Å². The molecule has 0 fully saturated rings. The molecule has 0 unspecified atom stereocenters. The Morgan fingerprint density at radius 2 is 1.78 bits per heavy atom. The minimum Gasteiger partial charge on any atom is -0.465 e. The standard InChI is InChI=1S/C30H35F3N4O4/c1-29(2,3)37(28(39)40)14-13-22-16-34-27(38)26-25(20-11-9-19(10-12-20)17-35(4)5)24(18-36(22)26)21-7-6-8-23(15-21)41-30(31,32)33/h6-12,15,18,22H,13-14,16-17H2,1-5H3,(H,34,38)(H,39,40)/t22-/m0/s1. The van der Waals surface area contributed by atoms with Crippen molar-refractivity contribution in [2.24, 2.45) is 0 Å². The molecule has 0 aliphatic carbocycles. The van der Waals surface area contributed by atoms with E-state index in [-0.39, 0.29) is 30.8 Å². The van der Waals surface area contributed by atoms with E-state index in [4.69, 9.17) is 0 Å². The molecule has 0 spiro atoms. The molecule has 1 aromatic heterocycles. The molecule has 41 heavy (non-hydrogen) atoms. The van der Waals surface area contributed by atoms with E-state index in [9.17, 15) is 27.9 Å². The highest BCUT2D eigenvalue weighted by molar-refractivity contribution is 6.05. The van der Waals surface area contributed by atoms with Gasteiger partial charge < -0.3 is 29.5 Å². The summed E-state index contributed by atoms with van der Waals surface area (Å²) >= 11 is 0. The number of hydrogen-bond acceptors (Lipinski definition) is 4. The minimum absolute atomic E-state index is 0.232. The van der Waals surface area contributed by atoms with Gasteiger partial charge in [-0.2, -0.15) is 0 Å². The predicted octanol–water partition coefficient (Wildman–Crippen LogP) is 6.24. The summed E-state index contributed by atoms with van der Waals surface area (Å²) in [7, 11) is 3.92. The molecule has 1 aliphatic heterocycles. The van der Waals surface area contributed by atoms with Crippen molar-refractivity contribution in [2.45, 2.75) is 51.7 Å². The van der Waals surface area contributed by atoms with Crippen LogP contribution >= 0.6 is 0 Å². The summed E-state index contributed by atoms with van der Waals surface area (Å²) in [5.74, 6) is -0.678. The zero-order valence-electron chi connectivity index (χ0n) is 23.7. The Kier molecular flexibility index (Phi) is 8.39. The molecule has 2 amide bonds. The maximum atomic E-state index is 13.3. The van der Waals surface area contributed by atoms with Crippen molar-refractivity contribution in [2.75, 3.05) is 27.2 Å². The smallest absolute Gasteiger partial charge is 0.465 e. The van der Waals surface area contributed by atoms with E-state index >= 15 is 0 Å². The first kappa shape index (κ1) is 30.0. The van der Waals surface area contributed by atoms with Crippen LogP contribution in [-0.2, 0) is 6.54 Å². The zero-order valence-corrected chi connectivity index (χ0v) is 23.7. The Morgan fingerprint density at radius 3 is 2.37 bits per heavy atom. The number of ether oxygens (including phenoxy) is 1. The number of nitrogens with one attached hydrogen (secondary N) is 1. The molecule has 220 valence electrons. The fourth-order valence-electron chi connectivity index (χ4n) is 5.19. The molecule has 0 saturated carbocycles. The van der Waals surface area contributed by atoms with Gasteiger partial charge in [-0.25, -0.2) is 4.79 Å². The third-order valence-corrected chi connectivity index (χ3v) is 6.99. The number of hydrogen-bond donors (Lipinski definition) is 2. The lowest BCUT2D eigenvalue weighted by molar-refractivity contribution is -0.274. The Hall–Kier alpha value is -3.99. The highest BCUT2D eigenvalue weighted by atomic mass is 19.4. The van der Waals surface area contributed by atoms with Gasteiger partial charge >= 0.3 is 12.5 Å². The summed E-state index contributed by atoms with van der Waals surface area (Å²) in [6, 6.07) is 13.1. The van der Waals surface area contributed by atoms with Crippen molar-refractivity contribution in [3.63, 3.8) is 0 Å². The topological polar surface area (TPSA) is 87.0 Å². The second-order valence-electron chi connectivity index (χ2n) is 11.4. The average Bonchev–Trinajstić information content (AvgIpc) is 3.25. The number of rotatable bonds is 8. The van der Waals surface area contributed by atoms with Crippen molar-refractivity contribution in [1.29, 1.82) is 0 Å². The summed E-state index contributed by atoms with van der Waals surface area (Å²) in [5, 5.41) is 12.7. The van der Waals surface area contributed by atoms with E-state index in [1.165, 1.54) is 23.1 Å². The van der Waals surface area contributed by atoms with Gasteiger partial charge in [0.2, 0.25) is 0 Å². The predicted molar refractivity (Wildman–Crippen MR) is 150 cm³/mol. The number of alkyl halides is 3. The summed E-state index contributed by atoms with van der Waals surface area (Å²) < 4.78 is 45.0. The number of nitrogens with zero attached hydrogens (tertiary/aromatic N) is 3. The highest BCUT2D eigenvalue weighted by Crippen LogP contribution is 2.41. The lowest BCUT2D eigenvalue weighted by Gasteiger charge is -2.35. The van der Waals surface area contributed by atoms with Crippen molar-refractivity contribution in [1.82, 2.24) is 19.7 Å². The monoisotopic (exact) mass is 572 g/mol. The van der Waals surface area contributed by atoms with Gasteiger partial charge in [0, 0.05) is 42.5 Å². The number of aromatic nitrogens is 1. The SMILES string of the molecule is CN(C)Cc1ccc(-c2c(-c3cccc(OC(F)(F)F)c3)cn3c2C(=O)NC[C@@H]3CCN(C(=O)O)C(C)(C)C)cc1. The van der Waals surface area contributed by atoms with Gasteiger partial charge in [0.05, 0.1) is 6.04 Å². The third-order valence-electron chi connectivity index (χ3n) is 6.99. The Balaban J connectivity index is 1.83. The van der Waals surface area contributed by atoms with Crippen LogP contribution in [0.15, 0.2) is 54.7 Å². The molecular weight excluding hydrogens is 537 g/mol. The van der Waals surface area contributed by atoms with Gasteiger partial charge in [0.15, 0.2) is 0 Å². The number of fused-ring (bicyclic) bond motifs is 1. The first-order chi connectivity index (χ1) is 19.1. The van der Waals surface area contributed by atoms with Crippen LogP contribution in [0.2, 0.25) is 0 Å². The number of amides is 2. The van der Waals surface area contributed by atoms with Gasteiger partial charge in [-0.1, -0.05) is 36.4 Å². The van der Waals surface area contributed by atoms with E-state index in [1.54, 1.807) is 12.3 Å². The normalized spacial score (nSPS) is 15.4. The second kappa shape index (κ2) is 11.5. The van der Waals surface area contributed by atoms with Crippen molar-refractivity contribution in [3.8, 4) is 28.0 Å². The second-order valence-corrected chi connectivity index (χ2v) is 11.4. The quantitative estimate of drug-likeness (QED) is 0.334. The number of carbonyl (C=O) groups is 2. The molecule has 4 rings (SSSR count). The summed E-state index contributed by atoms with van der Waals surface area (Å²) in [6.07, 6.45) is -3.69. The molecule has 2 aromatic carbocycles. The fourth-order valence-corrected chi connectivity index (χ4v) is 5.19. The first-order valence-electron chi connectivity index (χ1n) is 13.3. The van der Waals surface area contributed by atoms with Crippen LogP contribution in [0, 0.1) is 0 Å². The van der Waals surface area contributed by atoms with Crippen LogP contribution < -0.4 is 10.1 Å². The van der Waals surface area contributed by atoms with Crippen LogP contribution in [0.4, 0.5) is 18.0 Å². The van der Waals surface area contributed by atoms with E-state index in [1.807, 2.05) is 68.6 Å². The van der Waals surface area contributed by atoms with E-state index in [0.29, 0.717) is 35.3 Å².